The Morgan fingerprint density at radius 1 is 0.750 bits per heavy atom. The molecule has 0 spiro atoms. The van der Waals surface area contributed by atoms with Crippen LogP contribution in [0.15, 0.2) is 0 Å². The highest BCUT2D eigenvalue weighted by atomic mass is 19.1. The summed E-state index contributed by atoms with van der Waals surface area (Å²) in [5.74, 6) is 0. The van der Waals surface area contributed by atoms with E-state index in [1.807, 2.05) is 0 Å². The molecule has 0 bridgehead atoms. The van der Waals surface area contributed by atoms with Crippen LogP contribution >= 0.6 is 0 Å². The van der Waals surface area contributed by atoms with Gasteiger partial charge in [-0.25, -0.2) is 4.39 Å². The Morgan fingerprint density at radius 3 is 1.79 bits per heavy atom. The predicted octanol–water partition coefficient (Wildman–Crippen LogP) is -3.77. The van der Waals surface area contributed by atoms with Gasteiger partial charge in [0.15, 0.2) is 12.6 Å². The van der Waals surface area contributed by atoms with Crippen molar-refractivity contribution in [2.24, 2.45) is 0 Å². The molecule has 2 aliphatic rings. The molecular weight excluding hydrogens is 335 g/mol. The lowest BCUT2D eigenvalue weighted by Crippen LogP contribution is -2.61. The highest BCUT2D eigenvalue weighted by Crippen LogP contribution is 2.25. The highest BCUT2D eigenvalue weighted by molar-refractivity contribution is 4.91. The summed E-state index contributed by atoms with van der Waals surface area (Å²) in [6.07, 6.45) is -14.7. The van der Waals surface area contributed by atoms with Crippen molar-refractivity contribution in [3.8, 4) is 0 Å². The molecule has 2 rings (SSSR count). The molecule has 2 aliphatic heterocycles. The zero-order valence-electron chi connectivity index (χ0n) is 12.9. The van der Waals surface area contributed by atoms with Crippen molar-refractivity contribution in [3.63, 3.8) is 0 Å². The van der Waals surface area contributed by atoms with Crippen molar-refractivity contribution in [1.29, 1.82) is 0 Å². The van der Waals surface area contributed by atoms with Crippen molar-refractivity contribution >= 4 is 0 Å². The second-order valence-corrected chi connectivity index (χ2v) is 5.75. The van der Waals surface area contributed by atoms with Gasteiger partial charge in [-0.2, -0.15) is 0 Å². The average molecular weight is 358 g/mol. The normalized spacial score (nSPS) is 50.0. The van der Waals surface area contributed by atoms with Gasteiger partial charge in [-0.05, 0) is 0 Å². The van der Waals surface area contributed by atoms with E-state index in [-0.39, 0.29) is 0 Å². The average Bonchev–Trinajstić information content (AvgIpc) is 2.58. The number of aliphatic hydroxyl groups is 6. The molecule has 0 radical (unpaired) electrons. The van der Waals surface area contributed by atoms with Gasteiger partial charge in [-0.15, -0.1) is 0 Å². The number of ether oxygens (including phenoxy) is 4. The lowest BCUT2D eigenvalue weighted by Gasteiger charge is -2.42. The van der Waals surface area contributed by atoms with Crippen LogP contribution in [0.1, 0.15) is 0 Å². The van der Waals surface area contributed by atoms with Crippen LogP contribution in [0.4, 0.5) is 4.39 Å². The SMILES string of the molecule is COC1OC(COC2OC(CF)C(O)C(O)C2O)C(O)C(O)C1O. The fourth-order valence-corrected chi connectivity index (χ4v) is 2.62. The van der Waals surface area contributed by atoms with Gasteiger partial charge in [0.2, 0.25) is 0 Å². The summed E-state index contributed by atoms with van der Waals surface area (Å²) < 4.78 is 33.0. The van der Waals surface area contributed by atoms with Crippen LogP contribution in [0.2, 0.25) is 0 Å². The minimum Gasteiger partial charge on any atom is -0.387 e. The minimum absolute atomic E-state index is 0.422. The number of aliphatic hydroxyl groups excluding tert-OH is 6. The predicted molar refractivity (Wildman–Crippen MR) is 72.3 cm³/mol. The van der Waals surface area contributed by atoms with Crippen molar-refractivity contribution < 1.29 is 54.0 Å². The fraction of sp³-hybridized carbons (Fsp3) is 1.00. The van der Waals surface area contributed by atoms with Gasteiger partial charge in [0.25, 0.3) is 0 Å². The molecule has 142 valence electrons. The smallest absolute Gasteiger partial charge is 0.186 e. The first-order valence-corrected chi connectivity index (χ1v) is 7.41. The summed E-state index contributed by atoms with van der Waals surface area (Å²) in [5, 5.41) is 58.3. The summed E-state index contributed by atoms with van der Waals surface area (Å²) in [4.78, 5) is 0. The van der Waals surface area contributed by atoms with E-state index in [2.05, 4.69) is 0 Å². The van der Waals surface area contributed by atoms with Crippen molar-refractivity contribution in [3.05, 3.63) is 0 Å². The highest BCUT2D eigenvalue weighted by Gasteiger charge is 2.47. The van der Waals surface area contributed by atoms with Crippen LogP contribution in [0.3, 0.4) is 0 Å². The van der Waals surface area contributed by atoms with Gasteiger partial charge in [0.1, 0.15) is 55.5 Å². The molecule has 0 saturated carbocycles. The van der Waals surface area contributed by atoms with Gasteiger partial charge in [0, 0.05) is 7.11 Å². The second kappa shape index (κ2) is 8.27. The van der Waals surface area contributed by atoms with Crippen molar-refractivity contribution in [2.45, 2.75) is 61.4 Å². The molecule has 2 heterocycles. The summed E-state index contributed by atoms with van der Waals surface area (Å²) >= 11 is 0. The number of hydrogen-bond donors (Lipinski definition) is 6. The molecule has 2 fully saturated rings. The van der Waals surface area contributed by atoms with E-state index < -0.39 is 74.7 Å². The Morgan fingerprint density at radius 2 is 1.25 bits per heavy atom. The third kappa shape index (κ3) is 3.85. The quantitative estimate of drug-likeness (QED) is 0.288. The summed E-state index contributed by atoms with van der Waals surface area (Å²) in [5.41, 5.74) is 0. The molecule has 0 aromatic rings. The van der Waals surface area contributed by atoms with Crippen molar-refractivity contribution in [1.82, 2.24) is 0 Å². The maximum Gasteiger partial charge on any atom is 0.186 e. The van der Waals surface area contributed by atoms with E-state index in [4.69, 9.17) is 18.9 Å². The third-order valence-corrected chi connectivity index (χ3v) is 4.15. The van der Waals surface area contributed by atoms with E-state index in [0.717, 1.165) is 0 Å². The Labute approximate surface area is 136 Å². The molecule has 6 N–H and O–H groups in total. The molecule has 0 aliphatic carbocycles. The number of methoxy groups -OCH3 is 1. The van der Waals surface area contributed by atoms with Gasteiger partial charge >= 0.3 is 0 Å². The molecule has 0 aromatic heterocycles. The van der Waals surface area contributed by atoms with Crippen LogP contribution in [0.5, 0.6) is 0 Å². The number of halogens is 1. The first kappa shape index (κ1) is 19.8. The Hall–Kier alpha value is -0.470. The lowest BCUT2D eigenvalue weighted by molar-refractivity contribution is -0.327. The van der Waals surface area contributed by atoms with Crippen LogP contribution in [0, 0.1) is 0 Å². The molecule has 10 nitrogen and oxygen atoms in total. The maximum atomic E-state index is 12.8. The zero-order valence-corrected chi connectivity index (χ0v) is 12.9. The molecule has 0 aromatic carbocycles. The van der Waals surface area contributed by atoms with E-state index in [1.54, 1.807) is 0 Å². The zero-order chi connectivity index (χ0) is 18.0. The monoisotopic (exact) mass is 358 g/mol. The Balaban J connectivity index is 1.96. The van der Waals surface area contributed by atoms with Gasteiger partial charge in [0.05, 0.1) is 6.61 Å². The molecule has 10 atom stereocenters. The van der Waals surface area contributed by atoms with E-state index in [0.29, 0.717) is 0 Å². The van der Waals surface area contributed by atoms with Crippen LogP contribution in [-0.2, 0) is 18.9 Å². The van der Waals surface area contributed by atoms with E-state index in [9.17, 15) is 35.0 Å². The molecular formula is C13H23FO10. The van der Waals surface area contributed by atoms with Crippen LogP contribution < -0.4 is 0 Å². The Bertz CT molecular complexity index is 361. The largest absolute Gasteiger partial charge is 0.387 e. The maximum absolute atomic E-state index is 12.8. The third-order valence-electron chi connectivity index (χ3n) is 4.15. The Kier molecular flexibility index (Phi) is 6.84. The standard InChI is InChI=1S/C13H23FO10/c1-21-12-10(19)9(18)7(16)5(24-12)3-22-13-11(20)8(17)6(15)4(2-14)23-13/h4-13,15-20H,2-3H2,1H3. The second-order valence-electron chi connectivity index (χ2n) is 5.75. The number of alkyl halides is 1. The first-order chi connectivity index (χ1) is 11.3. The number of hydrogen-bond acceptors (Lipinski definition) is 10. The minimum atomic E-state index is -1.68. The summed E-state index contributed by atoms with van der Waals surface area (Å²) in [6.45, 7) is -1.53. The van der Waals surface area contributed by atoms with Gasteiger partial charge < -0.3 is 49.6 Å². The molecule has 24 heavy (non-hydrogen) atoms. The fourth-order valence-electron chi connectivity index (χ4n) is 2.62. The molecule has 11 heteroatoms. The van der Waals surface area contributed by atoms with Crippen LogP contribution in [0.25, 0.3) is 0 Å². The van der Waals surface area contributed by atoms with Crippen LogP contribution in [-0.4, -0.2) is 112 Å². The molecule has 10 unspecified atom stereocenters. The summed E-state index contributed by atoms with van der Waals surface area (Å²) in [7, 11) is 1.23. The van der Waals surface area contributed by atoms with Gasteiger partial charge in [-0.3, -0.25) is 0 Å². The topological polar surface area (TPSA) is 158 Å². The number of rotatable bonds is 5. The molecule has 0 amide bonds. The lowest BCUT2D eigenvalue weighted by atomic mass is 9.98. The summed E-state index contributed by atoms with van der Waals surface area (Å²) in [6, 6.07) is 0. The first-order valence-electron chi connectivity index (χ1n) is 7.41. The molecule has 2 saturated heterocycles. The van der Waals surface area contributed by atoms with Gasteiger partial charge in [-0.1, -0.05) is 0 Å². The van der Waals surface area contributed by atoms with E-state index >= 15 is 0 Å². The van der Waals surface area contributed by atoms with Crippen molar-refractivity contribution in [2.75, 3.05) is 20.4 Å². The van der Waals surface area contributed by atoms with E-state index in [1.165, 1.54) is 7.11 Å².